The monoisotopic (exact) mass is 649 g/mol. The lowest BCUT2D eigenvalue weighted by Gasteiger charge is -2.57. The van der Waals surface area contributed by atoms with Gasteiger partial charge in [0.25, 0.3) is 0 Å². The first-order chi connectivity index (χ1) is 21.8. The fraction of sp³-hybridized carbons (Fsp3) is 0.421. The van der Waals surface area contributed by atoms with Crippen LogP contribution in [0.5, 0.6) is 5.75 Å². The molecule has 0 atom stereocenters. The smallest absolute Gasteiger partial charge is 0.407 e. The van der Waals surface area contributed by atoms with E-state index in [1.54, 1.807) is 6.92 Å². The normalized spacial score (nSPS) is 23.5. The second-order valence-corrected chi connectivity index (χ2v) is 15.4. The molecule has 3 aromatic rings. The molecule has 0 saturated heterocycles. The quantitative estimate of drug-likeness (QED) is 0.0612. The summed E-state index contributed by atoms with van der Waals surface area (Å²) < 4.78 is 41.8. The molecule has 4 aliphatic carbocycles. The fourth-order valence-electron chi connectivity index (χ4n) is 7.95. The summed E-state index contributed by atoms with van der Waals surface area (Å²) in [6, 6.07) is 25.2. The molecule has 4 bridgehead atoms. The zero-order valence-corrected chi connectivity index (χ0v) is 27.6. The van der Waals surface area contributed by atoms with Gasteiger partial charge in [-0.3, -0.25) is 4.99 Å². The molecule has 4 aliphatic rings. The summed E-state index contributed by atoms with van der Waals surface area (Å²) >= 11 is 0. The van der Waals surface area contributed by atoms with Crippen LogP contribution >= 0.6 is 0 Å². The van der Waals surface area contributed by atoms with Crippen molar-refractivity contribution in [3.63, 3.8) is 0 Å². The summed E-state index contributed by atoms with van der Waals surface area (Å²) in [5.41, 5.74) is 2.28. The van der Waals surface area contributed by atoms with Gasteiger partial charge in [-0.05, 0) is 130 Å². The number of aryl methyl sites for hydroxylation is 2. The van der Waals surface area contributed by atoms with E-state index in [9.17, 15) is 23.1 Å². The number of nitrogens with zero attached hydrogens (tertiary/aromatic N) is 1. The predicted octanol–water partition coefficient (Wildman–Crippen LogP) is 8.79. The molecule has 4 nitrogen and oxygen atoms in total. The zero-order valence-electron chi connectivity index (χ0n) is 26.7. The van der Waals surface area contributed by atoms with Gasteiger partial charge in [-0.25, -0.2) is 4.79 Å². The Bertz CT molecular complexity index is 1470. The molecule has 7 rings (SSSR count). The average molecular weight is 650 g/mol. The number of carbonyl (C=O) groups excluding carboxylic acids is 1. The topological polar surface area (TPSA) is 61.7 Å². The van der Waals surface area contributed by atoms with Crippen LogP contribution in [-0.4, -0.2) is 24.6 Å². The first kappa shape index (κ1) is 33.8. The van der Waals surface area contributed by atoms with Gasteiger partial charge in [0.15, 0.2) is 14.7 Å². The van der Waals surface area contributed by atoms with Crippen molar-refractivity contribution in [3.05, 3.63) is 96.1 Å². The highest BCUT2D eigenvalue weighted by atomic mass is 32.2. The van der Waals surface area contributed by atoms with Gasteiger partial charge in [-0.15, -0.1) is 0 Å². The molecule has 46 heavy (non-hydrogen) atoms. The van der Waals surface area contributed by atoms with E-state index in [0.717, 1.165) is 30.4 Å². The molecule has 0 spiro atoms. The molecular weight excluding hydrogens is 607 g/mol. The van der Waals surface area contributed by atoms with E-state index < -0.39 is 18.6 Å². The second-order valence-electron chi connectivity index (χ2n) is 13.4. The molecular formula is C38H42F3NO3S. The van der Waals surface area contributed by atoms with Gasteiger partial charge < -0.3 is 9.84 Å². The summed E-state index contributed by atoms with van der Waals surface area (Å²) in [6.07, 6.45) is 2.79. The third kappa shape index (κ3) is 8.44. The van der Waals surface area contributed by atoms with Crippen molar-refractivity contribution in [1.29, 1.82) is 0 Å². The second kappa shape index (κ2) is 14.1. The van der Waals surface area contributed by atoms with Gasteiger partial charge in [0.2, 0.25) is 0 Å². The zero-order chi connectivity index (χ0) is 33.1. The van der Waals surface area contributed by atoms with Crippen LogP contribution in [-0.2, 0) is 15.7 Å². The van der Waals surface area contributed by atoms with Gasteiger partial charge >= 0.3 is 12.1 Å². The van der Waals surface area contributed by atoms with Crippen LogP contribution < -0.4 is 9.84 Å². The third-order valence-electron chi connectivity index (χ3n) is 9.30. The van der Waals surface area contributed by atoms with Crippen LogP contribution in [0, 0.1) is 37.0 Å². The first-order valence-corrected chi connectivity index (χ1v) is 17.1. The number of rotatable bonds is 8. The Morgan fingerprint density at radius 1 is 0.891 bits per heavy atom. The molecule has 0 aromatic heterocycles. The van der Waals surface area contributed by atoms with Crippen molar-refractivity contribution in [1.82, 2.24) is 0 Å². The molecule has 3 aromatic carbocycles. The van der Waals surface area contributed by atoms with Crippen LogP contribution in [0.25, 0.3) is 0 Å². The number of alkyl halides is 3. The Balaban J connectivity index is 0.000000192. The van der Waals surface area contributed by atoms with Crippen LogP contribution in [0.3, 0.4) is 0 Å². The predicted molar refractivity (Wildman–Crippen MR) is 175 cm³/mol. The number of carbonyl (C=O) groups is 1. The van der Waals surface area contributed by atoms with Crippen LogP contribution in [0.15, 0.2) is 105 Å². The molecule has 0 radical (unpaired) electrons. The highest BCUT2D eigenvalue weighted by Crippen LogP contribution is 2.61. The van der Waals surface area contributed by atoms with E-state index in [0.29, 0.717) is 29.1 Å². The maximum Gasteiger partial charge on any atom is 0.407 e. The Labute approximate surface area is 273 Å². The van der Waals surface area contributed by atoms with Crippen molar-refractivity contribution in [2.75, 3.05) is 6.54 Å². The van der Waals surface area contributed by atoms with E-state index >= 15 is 0 Å². The summed E-state index contributed by atoms with van der Waals surface area (Å²) in [5, 5.41) is 11.7. The largest absolute Gasteiger partial charge is 0.862 e. The first-order valence-electron chi connectivity index (χ1n) is 15.9. The lowest BCUT2D eigenvalue weighted by atomic mass is 9.49. The Morgan fingerprint density at radius 2 is 1.35 bits per heavy atom. The minimum absolute atomic E-state index is 0.0130. The lowest BCUT2D eigenvalue weighted by molar-refractivity contribution is -0.226. The highest BCUT2D eigenvalue weighted by Gasteiger charge is 2.50. The van der Waals surface area contributed by atoms with Crippen LogP contribution in [0.2, 0.25) is 0 Å². The molecule has 4 fully saturated rings. The van der Waals surface area contributed by atoms with E-state index in [1.807, 2.05) is 26.0 Å². The molecule has 0 N–H and O–H groups in total. The fourth-order valence-corrected chi connectivity index (χ4v) is 10.2. The van der Waals surface area contributed by atoms with E-state index in [4.69, 9.17) is 4.74 Å². The van der Waals surface area contributed by atoms with E-state index in [-0.39, 0.29) is 28.7 Å². The number of benzene rings is 3. The number of ether oxygens (including phenoxy) is 1. The summed E-state index contributed by atoms with van der Waals surface area (Å²) in [6.45, 7) is 7.96. The molecule has 4 saturated carbocycles. The van der Waals surface area contributed by atoms with Crippen molar-refractivity contribution < 1.29 is 27.8 Å². The SMILES string of the molecule is C=C(C)C(=O)Oc1c(C)cc([S+](c2ccccc2)c2ccccc2)cc1C.[O-]C(CC12CC3CC(CC(C3)C1)C2)=NCC(F)(F)F. The Hall–Kier alpha value is -3.52. The van der Waals surface area contributed by atoms with Gasteiger partial charge in [-0.1, -0.05) is 43.0 Å². The van der Waals surface area contributed by atoms with Crippen molar-refractivity contribution in [2.45, 2.75) is 86.6 Å². The Kier molecular flexibility index (Phi) is 10.4. The highest BCUT2D eigenvalue weighted by molar-refractivity contribution is 7.97. The van der Waals surface area contributed by atoms with E-state index in [2.05, 4.69) is 72.2 Å². The summed E-state index contributed by atoms with van der Waals surface area (Å²) in [5.74, 6) is 1.82. The van der Waals surface area contributed by atoms with Crippen LogP contribution in [0.1, 0.15) is 63.0 Å². The third-order valence-corrected chi connectivity index (χ3v) is 11.5. The van der Waals surface area contributed by atoms with Gasteiger partial charge in [-0.2, -0.15) is 13.2 Å². The van der Waals surface area contributed by atoms with Crippen molar-refractivity contribution in [3.8, 4) is 5.75 Å². The molecule has 0 amide bonds. The minimum atomic E-state index is -4.36. The summed E-state index contributed by atoms with van der Waals surface area (Å²) in [4.78, 5) is 18.9. The molecule has 0 unspecified atom stereocenters. The number of aliphatic imine (C=N–C) groups is 1. The molecule has 0 heterocycles. The van der Waals surface area contributed by atoms with Crippen molar-refractivity contribution in [2.24, 2.45) is 28.2 Å². The van der Waals surface area contributed by atoms with Gasteiger partial charge in [0, 0.05) is 17.7 Å². The minimum Gasteiger partial charge on any atom is -0.862 e. The van der Waals surface area contributed by atoms with Gasteiger partial charge in [0.1, 0.15) is 12.3 Å². The maximum absolute atomic E-state index is 12.1. The lowest BCUT2D eigenvalue weighted by Crippen LogP contribution is -2.48. The molecule has 0 aliphatic heterocycles. The van der Waals surface area contributed by atoms with E-state index in [1.165, 1.54) is 33.9 Å². The van der Waals surface area contributed by atoms with Gasteiger partial charge in [0.05, 0.1) is 10.9 Å². The number of hydrogen-bond donors (Lipinski definition) is 0. The molecule has 244 valence electrons. The standard InChI is InChI=1S/C24H23O2S.C14H20F3NO/c1-17(2)24(25)26-23-18(3)15-22(16-19(23)4)27(20-11-7-5-8-12-20)21-13-9-6-10-14-21;15-14(16,17)8-18-12(19)7-13-4-9-1-10(5-13)3-11(2-9)6-13/h5-16H,1H2,2-4H3;9-11H,1-8H2,(H,18,19)/q+1;/p-1. The number of halogens is 3. The molecule has 8 heteroatoms. The maximum atomic E-state index is 12.1. The summed E-state index contributed by atoms with van der Waals surface area (Å²) in [7, 11) is -0.223. The number of hydrogen-bond acceptors (Lipinski definition) is 4. The van der Waals surface area contributed by atoms with Crippen molar-refractivity contribution >= 4 is 22.8 Å². The van der Waals surface area contributed by atoms with Crippen LogP contribution in [0.4, 0.5) is 13.2 Å². The number of esters is 1. The average Bonchev–Trinajstić information content (AvgIpc) is 2.98. The Morgan fingerprint density at radius 3 is 1.76 bits per heavy atom.